The molecule has 0 aromatic heterocycles. The molecule has 4 rings (SSSR count). The molecule has 1 N–H and O–H groups in total. The first-order chi connectivity index (χ1) is 16.9. The van der Waals surface area contributed by atoms with E-state index in [1.165, 1.54) is 4.31 Å². The molecule has 9 heteroatoms. The predicted octanol–water partition coefficient (Wildman–Crippen LogP) is 4.58. The Morgan fingerprint density at radius 2 is 1.66 bits per heavy atom. The third-order valence-electron chi connectivity index (χ3n) is 5.79. The molecule has 0 saturated carbocycles. The molecule has 0 bridgehead atoms. The van der Waals surface area contributed by atoms with E-state index in [9.17, 15) is 13.2 Å². The fraction of sp³-hybridized carbons (Fsp3) is 0.231. The van der Waals surface area contributed by atoms with Gasteiger partial charge >= 0.3 is 0 Å². The van der Waals surface area contributed by atoms with Gasteiger partial charge in [-0.2, -0.15) is 9.41 Å². The SMILES string of the molecule is O=C(N/N=C\c1ccc(OCc2ccccc2)cc1)C1CCN(S(=O)(=O)c2ccc(Br)cc2)CC1. The lowest BCUT2D eigenvalue weighted by Gasteiger charge is -2.30. The number of nitrogens with one attached hydrogen (secondary N) is 1. The van der Waals surface area contributed by atoms with Crippen LogP contribution in [0.3, 0.4) is 0 Å². The van der Waals surface area contributed by atoms with Crippen LogP contribution >= 0.6 is 15.9 Å². The highest BCUT2D eigenvalue weighted by molar-refractivity contribution is 9.10. The Bertz CT molecular complexity index is 1260. The first kappa shape index (κ1) is 25.1. The van der Waals surface area contributed by atoms with Gasteiger partial charge in [0.1, 0.15) is 12.4 Å². The Morgan fingerprint density at radius 3 is 2.31 bits per heavy atom. The smallest absolute Gasteiger partial charge is 0.243 e. The zero-order valence-electron chi connectivity index (χ0n) is 19.0. The molecule has 0 unspecified atom stereocenters. The number of ether oxygens (including phenoxy) is 1. The quantitative estimate of drug-likeness (QED) is 0.325. The normalized spacial score (nSPS) is 15.2. The van der Waals surface area contributed by atoms with Crippen molar-refractivity contribution >= 4 is 38.1 Å². The third-order valence-corrected chi connectivity index (χ3v) is 8.23. The molecule has 0 aliphatic carbocycles. The Labute approximate surface area is 214 Å². The van der Waals surface area contributed by atoms with E-state index in [0.29, 0.717) is 32.5 Å². The molecule has 1 fully saturated rings. The lowest BCUT2D eigenvalue weighted by molar-refractivity contribution is -0.126. The summed E-state index contributed by atoms with van der Waals surface area (Å²) in [5.74, 6) is 0.266. The number of rotatable bonds is 8. The molecular formula is C26H26BrN3O4S. The van der Waals surface area contributed by atoms with Gasteiger partial charge in [-0.25, -0.2) is 13.8 Å². The molecule has 35 heavy (non-hydrogen) atoms. The number of hydrogen-bond acceptors (Lipinski definition) is 5. The van der Waals surface area contributed by atoms with Crippen molar-refractivity contribution in [3.8, 4) is 5.75 Å². The van der Waals surface area contributed by atoms with Crippen LogP contribution in [0.4, 0.5) is 0 Å². The van der Waals surface area contributed by atoms with Crippen molar-refractivity contribution in [2.75, 3.05) is 13.1 Å². The van der Waals surface area contributed by atoms with Gasteiger partial charge in [0.15, 0.2) is 0 Å². The molecule has 1 saturated heterocycles. The number of sulfonamides is 1. The summed E-state index contributed by atoms with van der Waals surface area (Å²) in [4.78, 5) is 12.8. The summed E-state index contributed by atoms with van der Waals surface area (Å²) in [5.41, 5.74) is 4.50. The summed E-state index contributed by atoms with van der Waals surface area (Å²) in [6.45, 7) is 1.09. The summed E-state index contributed by atoms with van der Waals surface area (Å²) in [7, 11) is -3.56. The minimum absolute atomic E-state index is 0.204. The van der Waals surface area contributed by atoms with E-state index >= 15 is 0 Å². The summed E-state index contributed by atoms with van der Waals surface area (Å²) >= 11 is 3.31. The second kappa shape index (κ2) is 11.6. The van der Waals surface area contributed by atoms with E-state index < -0.39 is 10.0 Å². The van der Waals surface area contributed by atoms with E-state index in [1.807, 2.05) is 54.6 Å². The fourth-order valence-electron chi connectivity index (χ4n) is 3.77. The van der Waals surface area contributed by atoms with Crippen molar-refractivity contribution in [3.05, 3.63) is 94.5 Å². The number of nitrogens with zero attached hydrogens (tertiary/aromatic N) is 2. The summed E-state index contributed by atoms with van der Waals surface area (Å²) < 4.78 is 33.7. The van der Waals surface area contributed by atoms with E-state index in [2.05, 4.69) is 26.5 Å². The second-order valence-electron chi connectivity index (χ2n) is 8.21. The van der Waals surface area contributed by atoms with Crippen molar-refractivity contribution in [1.29, 1.82) is 0 Å². The number of carbonyl (C=O) groups excluding carboxylic acids is 1. The van der Waals surface area contributed by atoms with E-state index in [4.69, 9.17) is 4.74 Å². The molecule has 3 aromatic carbocycles. The number of hydrazone groups is 1. The zero-order valence-corrected chi connectivity index (χ0v) is 21.4. The molecule has 3 aromatic rings. The number of benzene rings is 3. The van der Waals surface area contributed by atoms with Crippen LogP contribution in [0.25, 0.3) is 0 Å². The van der Waals surface area contributed by atoms with Crippen LogP contribution in [0.2, 0.25) is 0 Å². The number of amides is 1. The van der Waals surface area contributed by atoms with Crippen LogP contribution in [0, 0.1) is 5.92 Å². The zero-order chi connectivity index (χ0) is 24.7. The Hall–Kier alpha value is -3.01. The van der Waals surface area contributed by atoms with Crippen molar-refractivity contribution in [3.63, 3.8) is 0 Å². The van der Waals surface area contributed by atoms with Crippen molar-refractivity contribution in [2.24, 2.45) is 11.0 Å². The number of carbonyl (C=O) groups is 1. The van der Waals surface area contributed by atoms with Gasteiger partial charge in [0, 0.05) is 23.5 Å². The summed E-state index contributed by atoms with van der Waals surface area (Å²) in [6.07, 6.45) is 2.47. The minimum Gasteiger partial charge on any atom is -0.489 e. The average molecular weight is 556 g/mol. The maximum Gasteiger partial charge on any atom is 0.243 e. The number of piperidine rings is 1. The molecule has 1 aliphatic rings. The second-order valence-corrected chi connectivity index (χ2v) is 11.1. The fourth-order valence-corrected chi connectivity index (χ4v) is 5.50. The highest BCUT2D eigenvalue weighted by Crippen LogP contribution is 2.25. The van der Waals surface area contributed by atoms with Gasteiger partial charge in [-0.05, 0) is 72.5 Å². The van der Waals surface area contributed by atoms with Crippen LogP contribution < -0.4 is 10.2 Å². The van der Waals surface area contributed by atoms with Crippen LogP contribution in [-0.2, 0) is 21.4 Å². The lowest BCUT2D eigenvalue weighted by atomic mass is 9.98. The largest absolute Gasteiger partial charge is 0.489 e. The van der Waals surface area contributed by atoms with Crippen molar-refractivity contribution < 1.29 is 17.9 Å². The van der Waals surface area contributed by atoms with Crippen LogP contribution in [0.15, 0.2) is 93.3 Å². The Kier molecular flexibility index (Phi) is 8.33. The first-order valence-corrected chi connectivity index (χ1v) is 13.5. The molecule has 182 valence electrons. The third kappa shape index (κ3) is 6.78. The standard InChI is InChI=1S/C26H26BrN3O4S/c27-23-8-12-25(13-9-23)35(32,33)30-16-14-22(15-17-30)26(31)29-28-18-20-6-10-24(11-7-20)34-19-21-4-2-1-3-5-21/h1-13,18,22H,14-17,19H2,(H,29,31)/b28-18-. The molecule has 0 spiro atoms. The Balaban J connectivity index is 1.23. The first-order valence-electron chi connectivity index (χ1n) is 11.3. The molecule has 0 atom stereocenters. The maximum atomic E-state index is 12.8. The minimum atomic E-state index is -3.56. The van der Waals surface area contributed by atoms with Crippen LogP contribution in [-0.4, -0.2) is 37.9 Å². The Morgan fingerprint density at radius 1 is 1.00 bits per heavy atom. The van der Waals surface area contributed by atoms with E-state index in [-0.39, 0.29) is 16.7 Å². The highest BCUT2D eigenvalue weighted by Gasteiger charge is 2.32. The van der Waals surface area contributed by atoms with E-state index in [1.54, 1.807) is 30.5 Å². The monoisotopic (exact) mass is 555 g/mol. The molecule has 1 aliphatic heterocycles. The van der Waals surface area contributed by atoms with Crippen molar-refractivity contribution in [2.45, 2.75) is 24.3 Å². The molecule has 1 amide bonds. The van der Waals surface area contributed by atoms with Crippen LogP contribution in [0.1, 0.15) is 24.0 Å². The summed E-state index contributed by atoms with van der Waals surface area (Å²) in [6, 6.07) is 23.9. The van der Waals surface area contributed by atoms with Gasteiger partial charge in [-0.1, -0.05) is 46.3 Å². The lowest BCUT2D eigenvalue weighted by Crippen LogP contribution is -2.42. The molecule has 7 nitrogen and oxygen atoms in total. The van der Waals surface area contributed by atoms with Crippen LogP contribution in [0.5, 0.6) is 5.75 Å². The highest BCUT2D eigenvalue weighted by atomic mass is 79.9. The van der Waals surface area contributed by atoms with Gasteiger partial charge in [-0.3, -0.25) is 4.79 Å². The number of halogens is 1. The average Bonchev–Trinajstić information content (AvgIpc) is 2.89. The molecular weight excluding hydrogens is 530 g/mol. The van der Waals surface area contributed by atoms with Gasteiger partial charge in [0.25, 0.3) is 0 Å². The van der Waals surface area contributed by atoms with E-state index in [0.717, 1.165) is 21.3 Å². The van der Waals surface area contributed by atoms with Gasteiger partial charge in [0.05, 0.1) is 11.1 Å². The molecule has 1 heterocycles. The van der Waals surface area contributed by atoms with Gasteiger partial charge in [0.2, 0.25) is 15.9 Å². The maximum absolute atomic E-state index is 12.8. The van der Waals surface area contributed by atoms with Gasteiger partial charge < -0.3 is 4.74 Å². The predicted molar refractivity (Wildman–Crippen MR) is 139 cm³/mol. The van der Waals surface area contributed by atoms with Crippen molar-refractivity contribution in [1.82, 2.24) is 9.73 Å². The van der Waals surface area contributed by atoms with Gasteiger partial charge in [-0.15, -0.1) is 0 Å². The molecule has 0 radical (unpaired) electrons. The summed E-state index contributed by atoms with van der Waals surface area (Å²) in [5, 5.41) is 4.06. The number of hydrogen-bond donors (Lipinski definition) is 1. The topological polar surface area (TPSA) is 88.1 Å².